The van der Waals surface area contributed by atoms with Crippen molar-refractivity contribution in [2.75, 3.05) is 13.1 Å². The summed E-state index contributed by atoms with van der Waals surface area (Å²) in [6.45, 7) is 2.05. The Hall–Kier alpha value is -0.530. The SMILES string of the molecule is O=C(C[C@@H]1C[C@H]2CC[C@H]1C2)N1CCCC1. The Morgan fingerprint density at radius 1 is 1.13 bits per heavy atom. The van der Waals surface area contributed by atoms with Gasteiger partial charge in [-0.1, -0.05) is 6.42 Å². The number of amides is 1. The molecule has 1 amide bonds. The lowest BCUT2D eigenvalue weighted by atomic mass is 9.86. The van der Waals surface area contributed by atoms with E-state index in [2.05, 4.69) is 4.90 Å². The lowest BCUT2D eigenvalue weighted by Crippen LogP contribution is -2.30. The first-order valence-electron chi connectivity index (χ1n) is 6.60. The van der Waals surface area contributed by atoms with Crippen molar-refractivity contribution >= 4 is 5.91 Å². The Bertz CT molecular complexity index is 257. The summed E-state index contributed by atoms with van der Waals surface area (Å²) < 4.78 is 0. The second-order valence-corrected chi connectivity index (χ2v) is 5.73. The molecule has 3 atom stereocenters. The fourth-order valence-electron chi connectivity index (χ4n) is 3.95. The number of fused-ring (bicyclic) bond motifs is 2. The standard InChI is InChI=1S/C13H21NO/c15-13(14-5-1-2-6-14)9-12-8-10-3-4-11(12)7-10/h10-12H,1-9H2/t10-,11-,12-/m0/s1. The third kappa shape index (κ3) is 1.79. The molecule has 15 heavy (non-hydrogen) atoms. The summed E-state index contributed by atoms with van der Waals surface area (Å²) in [5.41, 5.74) is 0. The van der Waals surface area contributed by atoms with Crippen LogP contribution in [-0.4, -0.2) is 23.9 Å². The van der Waals surface area contributed by atoms with Gasteiger partial charge in [0.05, 0.1) is 0 Å². The van der Waals surface area contributed by atoms with E-state index in [-0.39, 0.29) is 0 Å². The molecule has 0 N–H and O–H groups in total. The number of rotatable bonds is 2. The second-order valence-electron chi connectivity index (χ2n) is 5.73. The molecule has 1 saturated heterocycles. The molecule has 0 radical (unpaired) electrons. The number of likely N-dealkylation sites (tertiary alicyclic amines) is 1. The smallest absolute Gasteiger partial charge is 0.222 e. The van der Waals surface area contributed by atoms with E-state index in [9.17, 15) is 4.79 Å². The largest absolute Gasteiger partial charge is 0.343 e. The lowest BCUT2D eigenvalue weighted by Gasteiger charge is -2.23. The minimum Gasteiger partial charge on any atom is -0.343 e. The summed E-state index contributed by atoms with van der Waals surface area (Å²) in [5, 5.41) is 0. The van der Waals surface area contributed by atoms with Gasteiger partial charge in [0.25, 0.3) is 0 Å². The minimum absolute atomic E-state index is 0.449. The highest BCUT2D eigenvalue weighted by atomic mass is 16.2. The fourth-order valence-corrected chi connectivity index (χ4v) is 3.95. The van der Waals surface area contributed by atoms with Gasteiger partial charge in [0, 0.05) is 19.5 Å². The molecular weight excluding hydrogens is 186 g/mol. The maximum absolute atomic E-state index is 12.0. The molecule has 0 aromatic carbocycles. The highest BCUT2D eigenvalue weighted by molar-refractivity contribution is 5.76. The van der Waals surface area contributed by atoms with Gasteiger partial charge in [-0.2, -0.15) is 0 Å². The number of carbonyl (C=O) groups excluding carboxylic acids is 1. The molecule has 2 heteroatoms. The van der Waals surface area contributed by atoms with Gasteiger partial charge >= 0.3 is 0 Å². The average molecular weight is 207 g/mol. The van der Waals surface area contributed by atoms with Crippen molar-refractivity contribution < 1.29 is 4.79 Å². The van der Waals surface area contributed by atoms with E-state index in [0.717, 1.165) is 37.3 Å². The predicted molar refractivity (Wildman–Crippen MR) is 59.4 cm³/mol. The molecule has 0 unspecified atom stereocenters. The molecule has 1 heterocycles. The second kappa shape index (κ2) is 3.80. The van der Waals surface area contributed by atoms with Gasteiger partial charge in [0.2, 0.25) is 5.91 Å². The van der Waals surface area contributed by atoms with Gasteiger partial charge in [-0.3, -0.25) is 4.79 Å². The molecule has 2 bridgehead atoms. The van der Waals surface area contributed by atoms with Gasteiger partial charge in [-0.25, -0.2) is 0 Å². The van der Waals surface area contributed by atoms with Crippen molar-refractivity contribution in [1.29, 1.82) is 0 Å². The van der Waals surface area contributed by atoms with Crippen molar-refractivity contribution in [3.63, 3.8) is 0 Å². The van der Waals surface area contributed by atoms with Crippen LogP contribution in [0.2, 0.25) is 0 Å². The minimum atomic E-state index is 0.449. The Balaban J connectivity index is 1.54. The van der Waals surface area contributed by atoms with Crippen LogP contribution in [0.5, 0.6) is 0 Å². The zero-order chi connectivity index (χ0) is 10.3. The van der Waals surface area contributed by atoms with Crippen molar-refractivity contribution in [1.82, 2.24) is 4.90 Å². The van der Waals surface area contributed by atoms with Crippen molar-refractivity contribution in [2.45, 2.75) is 44.9 Å². The molecule has 3 aliphatic rings. The Morgan fingerprint density at radius 3 is 2.53 bits per heavy atom. The molecule has 84 valence electrons. The summed E-state index contributed by atoms with van der Waals surface area (Å²) in [6, 6.07) is 0. The van der Waals surface area contributed by atoms with Crippen molar-refractivity contribution in [2.24, 2.45) is 17.8 Å². The maximum Gasteiger partial charge on any atom is 0.222 e. The Labute approximate surface area is 92.0 Å². The van der Waals surface area contributed by atoms with Gasteiger partial charge in [0.15, 0.2) is 0 Å². The summed E-state index contributed by atoms with van der Waals surface area (Å²) in [4.78, 5) is 14.1. The van der Waals surface area contributed by atoms with Crippen LogP contribution >= 0.6 is 0 Å². The molecule has 0 aromatic heterocycles. The van der Waals surface area contributed by atoms with Crippen LogP contribution in [0.25, 0.3) is 0 Å². The first kappa shape index (κ1) is 9.68. The number of carbonyl (C=O) groups is 1. The van der Waals surface area contributed by atoms with Gasteiger partial charge < -0.3 is 4.90 Å². The maximum atomic E-state index is 12.0. The van der Waals surface area contributed by atoms with Gasteiger partial charge in [0.1, 0.15) is 0 Å². The average Bonchev–Trinajstić information content (AvgIpc) is 2.95. The molecule has 3 rings (SSSR count). The molecule has 2 saturated carbocycles. The van der Waals surface area contributed by atoms with E-state index in [1.807, 2.05) is 0 Å². The zero-order valence-corrected chi connectivity index (χ0v) is 9.45. The fraction of sp³-hybridized carbons (Fsp3) is 0.923. The van der Waals surface area contributed by atoms with E-state index < -0.39 is 0 Å². The van der Waals surface area contributed by atoms with E-state index in [0.29, 0.717) is 5.91 Å². The first-order valence-corrected chi connectivity index (χ1v) is 6.60. The third-order valence-corrected chi connectivity index (χ3v) is 4.78. The summed E-state index contributed by atoms with van der Waals surface area (Å²) in [5.74, 6) is 3.08. The number of hydrogen-bond acceptors (Lipinski definition) is 1. The van der Waals surface area contributed by atoms with Crippen LogP contribution in [0.4, 0.5) is 0 Å². The van der Waals surface area contributed by atoms with Crippen LogP contribution in [0.15, 0.2) is 0 Å². The Morgan fingerprint density at radius 2 is 1.93 bits per heavy atom. The highest BCUT2D eigenvalue weighted by Crippen LogP contribution is 2.49. The molecule has 3 fully saturated rings. The van der Waals surface area contributed by atoms with Crippen LogP contribution < -0.4 is 0 Å². The van der Waals surface area contributed by atoms with Crippen LogP contribution in [-0.2, 0) is 4.79 Å². The monoisotopic (exact) mass is 207 g/mol. The van der Waals surface area contributed by atoms with Gasteiger partial charge in [-0.15, -0.1) is 0 Å². The van der Waals surface area contributed by atoms with E-state index in [1.165, 1.54) is 38.5 Å². The Kier molecular flexibility index (Phi) is 2.45. The molecule has 0 aromatic rings. The zero-order valence-electron chi connectivity index (χ0n) is 9.45. The van der Waals surface area contributed by atoms with Crippen LogP contribution in [0.1, 0.15) is 44.9 Å². The number of hydrogen-bond donors (Lipinski definition) is 0. The topological polar surface area (TPSA) is 20.3 Å². The first-order chi connectivity index (χ1) is 7.33. The molecule has 2 aliphatic carbocycles. The lowest BCUT2D eigenvalue weighted by molar-refractivity contribution is -0.131. The van der Waals surface area contributed by atoms with Crippen LogP contribution in [0, 0.1) is 17.8 Å². The van der Waals surface area contributed by atoms with Crippen molar-refractivity contribution in [3.8, 4) is 0 Å². The van der Waals surface area contributed by atoms with E-state index in [1.54, 1.807) is 0 Å². The highest BCUT2D eigenvalue weighted by Gasteiger charge is 2.40. The molecule has 0 spiro atoms. The van der Waals surface area contributed by atoms with Crippen LogP contribution in [0.3, 0.4) is 0 Å². The van der Waals surface area contributed by atoms with Crippen molar-refractivity contribution in [3.05, 3.63) is 0 Å². The summed E-state index contributed by atoms with van der Waals surface area (Å²) in [7, 11) is 0. The predicted octanol–water partition coefficient (Wildman–Crippen LogP) is 2.44. The molecule has 1 aliphatic heterocycles. The van der Waals surface area contributed by atoms with E-state index >= 15 is 0 Å². The van der Waals surface area contributed by atoms with E-state index in [4.69, 9.17) is 0 Å². The molecular formula is C13H21NO. The quantitative estimate of drug-likeness (QED) is 0.681. The summed E-state index contributed by atoms with van der Waals surface area (Å²) in [6.07, 6.45) is 8.94. The summed E-state index contributed by atoms with van der Waals surface area (Å²) >= 11 is 0. The molecule has 2 nitrogen and oxygen atoms in total. The third-order valence-electron chi connectivity index (χ3n) is 4.78. The normalized spacial score (nSPS) is 38.9. The van der Waals surface area contributed by atoms with Gasteiger partial charge in [-0.05, 0) is 49.9 Å². The number of nitrogens with zero attached hydrogens (tertiary/aromatic N) is 1.